The Hall–Kier alpha value is -5.08. The SMILES string of the molecule is CCCCCCCCCCCCCC(=O)O[C@@]12C(=O)C(C)=C[C@@H]1[C@H]1[C@@]3([C@@H]2C=C(COC(=O)c2ccc(NN=C4C=CC(=[N+]([O-])[O-])C=C4)cc2)C[C@H](OC(C)=O)[C@@H]3C)[C@@]1(O)C(C)(C)O. The Morgan fingerprint density at radius 3 is 2.11 bits per heavy atom. The summed E-state index contributed by atoms with van der Waals surface area (Å²) in [5.74, 6) is -5.21. The fraction of sp³-hybridized carbons (Fsp3) is 0.592. The minimum Gasteiger partial charge on any atom is -0.612 e. The molecule has 3 N–H and O–H groups in total. The third-order valence-electron chi connectivity index (χ3n) is 14.1. The van der Waals surface area contributed by atoms with E-state index in [4.69, 9.17) is 14.2 Å². The Morgan fingerprint density at radius 2 is 1.54 bits per heavy atom. The van der Waals surface area contributed by atoms with E-state index in [9.17, 15) is 39.8 Å². The van der Waals surface area contributed by atoms with E-state index in [0.717, 1.165) is 19.3 Å². The van der Waals surface area contributed by atoms with E-state index < -0.39 is 74.8 Å². The largest absolute Gasteiger partial charge is 0.612 e. The smallest absolute Gasteiger partial charge is 0.338 e. The standard InChI is InChI=1S/C49H64N3O11/c1-7-8-9-10-11-12-13-14-15-16-17-18-42(54)63-48-39(27-31(2)44(48)55)43-47(49(43,58)46(5,6)57)32(3)40(62-33(4)53)28-34(29-41(47)48)30-61-45(56)35-19-21-36(22-20-35)50-51-37-23-25-38(26-24-37)52(59)60/h19-27,29,32,39-41,43,57-58H,7-18,28,30H2,1-6H3,(H-,50,51,56,59,60)/q-1/t32-,39+,40-,41-,43-,47+,48-,49-/m0/s1. The molecule has 1 spiro atoms. The number of benzene rings is 1. The maximum Gasteiger partial charge on any atom is 0.338 e. The quantitative estimate of drug-likeness (QED) is 0.0217. The predicted molar refractivity (Wildman–Crippen MR) is 238 cm³/mol. The van der Waals surface area contributed by atoms with Gasteiger partial charge in [-0.15, -0.1) is 0 Å². The van der Waals surface area contributed by atoms with Crippen molar-refractivity contribution in [3.8, 4) is 0 Å². The normalized spacial score (nSPS) is 29.1. The van der Waals surface area contributed by atoms with Gasteiger partial charge in [-0.3, -0.25) is 19.8 Å². The molecule has 0 aliphatic heterocycles. The van der Waals surface area contributed by atoms with Crippen LogP contribution < -0.4 is 5.43 Å². The van der Waals surface area contributed by atoms with Gasteiger partial charge in [-0.2, -0.15) is 10.0 Å². The summed E-state index contributed by atoms with van der Waals surface area (Å²) in [4.78, 5) is 54.1. The van der Waals surface area contributed by atoms with Crippen molar-refractivity contribution < 1.29 is 48.5 Å². The summed E-state index contributed by atoms with van der Waals surface area (Å²) >= 11 is 0. The van der Waals surface area contributed by atoms with Crippen LogP contribution in [0, 0.1) is 39.5 Å². The van der Waals surface area contributed by atoms with Gasteiger partial charge in [-0.1, -0.05) is 90.2 Å². The van der Waals surface area contributed by atoms with E-state index in [0.29, 0.717) is 29.0 Å². The van der Waals surface area contributed by atoms with Crippen molar-refractivity contribution in [2.75, 3.05) is 12.0 Å². The minimum atomic E-state index is -1.77. The summed E-state index contributed by atoms with van der Waals surface area (Å²) in [6.07, 6.45) is 20.9. The monoisotopic (exact) mass is 870 g/mol. The Bertz CT molecular complexity index is 2070. The van der Waals surface area contributed by atoms with Crippen LogP contribution in [0.25, 0.3) is 0 Å². The second-order valence-electron chi connectivity index (χ2n) is 18.6. The number of carbonyl (C=O) groups is 4. The Labute approximate surface area is 370 Å². The molecule has 0 amide bonds. The lowest BCUT2D eigenvalue weighted by molar-refractivity contribution is -0.377. The van der Waals surface area contributed by atoms with Gasteiger partial charge in [0, 0.05) is 61.0 Å². The lowest BCUT2D eigenvalue weighted by Gasteiger charge is -2.45. The van der Waals surface area contributed by atoms with Gasteiger partial charge in [0.1, 0.15) is 18.3 Å². The van der Waals surface area contributed by atoms with E-state index in [1.54, 1.807) is 43.3 Å². The van der Waals surface area contributed by atoms with Crippen molar-refractivity contribution in [1.29, 1.82) is 0 Å². The molecule has 6 rings (SSSR count). The van der Waals surface area contributed by atoms with Crippen LogP contribution in [0.15, 0.2) is 77.0 Å². The zero-order chi connectivity index (χ0) is 45.7. The number of anilines is 1. The molecule has 0 unspecified atom stereocenters. The van der Waals surface area contributed by atoms with Gasteiger partial charge in [0.15, 0.2) is 5.60 Å². The number of nitrogens with one attached hydrogen (secondary N) is 1. The molecule has 0 heterocycles. The highest BCUT2D eigenvalue weighted by atomic mass is 16.8. The lowest BCUT2D eigenvalue weighted by Crippen LogP contribution is -2.59. The molecular weight excluding hydrogens is 807 g/mol. The van der Waals surface area contributed by atoms with E-state index in [1.165, 1.54) is 90.0 Å². The van der Waals surface area contributed by atoms with Crippen LogP contribution in [0.2, 0.25) is 0 Å². The minimum absolute atomic E-state index is 0.0563. The van der Waals surface area contributed by atoms with Crippen LogP contribution in [0.4, 0.5) is 5.69 Å². The molecule has 63 heavy (non-hydrogen) atoms. The number of ether oxygens (including phenoxy) is 3. The second-order valence-corrected chi connectivity index (χ2v) is 18.6. The number of esters is 3. The summed E-state index contributed by atoms with van der Waals surface area (Å²) in [6, 6.07) is 6.34. The molecule has 2 saturated carbocycles. The number of fused-ring (bicyclic) bond motifs is 3. The highest BCUT2D eigenvalue weighted by Crippen LogP contribution is 2.86. The first-order valence-electron chi connectivity index (χ1n) is 22.7. The third-order valence-corrected chi connectivity index (χ3v) is 14.1. The average molecular weight is 871 g/mol. The third kappa shape index (κ3) is 9.16. The van der Waals surface area contributed by atoms with Gasteiger partial charge in [-0.05, 0) is 74.8 Å². The number of allylic oxidation sites excluding steroid dienone is 4. The lowest BCUT2D eigenvalue weighted by atomic mass is 9.65. The van der Waals surface area contributed by atoms with Gasteiger partial charge in [0.25, 0.3) is 0 Å². The number of Topliss-reactive ketones (excluding diaryl/α,β-unsaturated/α-hetero) is 1. The fourth-order valence-corrected chi connectivity index (χ4v) is 11.1. The Kier molecular flexibility index (Phi) is 14.6. The first kappa shape index (κ1) is 47.4. The number of aliphatic hydroxyl groups is 2. The molecule has 8 atom stereocenters. The van der Waals surface area contributed by atoms with Gasteiger partial charge in [0.2, 0.25) is 11.5 Å². The number of hydrogen-bond acceptors (Lipinski definition) is 13. The van der Waals surface area contributed by atoms with Crippen molar-refractivity contribution in [2.24, 2.45) is 34.2 Å². The van der Waals surface area contributed by atoms with Gasteiger partial charge < -0.3 is 34.8 Å². The van der Waals surface area contributed by atoms with Crippen LogP contribution in [0.1, 0.15) is 135 Å². The summed E-state index contributed by atoms with van der Waals surface area (Å²) in [5.41, 5.74) is -1.51. The molecule has 5 aliphatic carbocycles. The molecule has 1 aromatic carbocycles. The molecular formula is C49H64N3O11-. The zero-order valence-electron chi connectivity index (χ0n) is 37.5. The number of carbonyl (C=O) groups excluding carboxylic acids is 4. The molecule has 0 bridgehead atoms. The van der Waals surface area contributed by atoms with Crippen LogP contribution in [0.3, 0.4) is 0 Å². The first-order chi connectivity index (χ1) is 29.9. The maximum absolute atomic E-state index is 14.6. The number of hydrazone groups is 1. The van der Waals surface area contributed by atoms with E-state index in [1.807, 2.05) is 6.92 Å². The van der Waals surface area contributed by atoms with E-state index in [2.05, 4.69) is 17.5 Å². The first-order valence-corrected chi connectivity index (χ1v) is 22.7. The van der Waals surface area contributed by atoms with Crippen LogP contribution in [-0.4, -0.2) is 79.7 Å². The van der Waals surface area contributed by atoms with Crippen molar-refractivity contribution in [3.63, 3.8) is 0 Å². The Morgan fingerprint density at radius 1 is 0.937 bits per heavy atom. The topological polar surface area (TPSA) is 210 Å². The number of hydrogen-bond donors (Lipinski definition) is 3. The second kappa shape index (κ2) is 19.3. The van der Waals surface area contributed by atoms with Gasteiger partial charge >= 0.3 is 17.9 Å². The average Bonchev–Trinajstić information content (AvgIpc) is 3.67. The van der Waals surface area contributed by atoms with Crippen molar-refractivity contribution in [2.45, 2.75) is 148 Å². The zero-order valence-corrected chi connectivity index (χ0v) is 37.5. The molecule has 0 saturated heterocycles. The molecule has 0 aromatic heterocycles. The van der Waals surface area contributed by atoms with Crippen LogP contribution in [0.5, 0.6) is 0 Å². The maximum atomic E-state index is 14.6. The van der Waals surface area contributed by atoms with Crippen LogP contribution in [-0.2, 0) is 28.6 Å². The van der Waals surface area contributed by atoms with Crippen LogP contribution >= 0.6 is 0 Å². The predicted octanol–water partition coefficient (Wildman–Crippen LogP) is 7.96. The number of rotatable bonds is 20. The molecule has 0 radical (unpaired) electrons. The number of unbranched alkanes of at least 4 members (excludes halogenated alkanes) is 10. The highest BCUT2D eigenvalue weighted by Gasteiger charge is 2.96. The Balaban J connectivity index is 1.21. The summed E-state index contributed by atoms with van der Waals surface area (Å²) in [5, 5.41) is 50.6. The molecule has 14 heteroatoms. The summed E-state index contributed by atoms with van der Waals surface area (Å²) in [7, 11) is 0. The summed E-state index contributed by atoms with van der Waals surface area (Å²) < 4.78 is 18.3. The molecule has 5 aliphatic rings. The van der Waals surface area contributed by atoms with Gasteiger partial charge in [-0.25, -0.2) is 4.79 Å². The summed E-state index contributed by atoms with van der Waals surface area (Å²) in [6.45, 7) is 9.81. The number of nitrogens with zero attached hydrogens (tertiary/aromatic N) is 2. The van der Waals surface area contributed by atoms with E-state index in [-0.39, 0.29) is 36.5 Å². The molecule has 342 valence electrons. The molecule has 2 fully saturated rings. The van der Waals surface area contributed by atoms with E-state index >= 15 is 0 Å². The van der Waals surface area contributed by atoms with Crippen molar-refractivity contribution in [1.82, 2.24) is 0 Å². The van der Waals surface area contributed by atoms with Crippen molar-refractivity contribution in [3.05, 3.63) is 87.8 Å². The van der Waals surface area contributed by atoms with Crippen molar-refractivity contribution >= 4 is 40.8 Å². The fourth-order valence-electron chi connectivity index (χ4n) is 11.1. The number of ketones is 1. The molecule has 1 aromatic rings. The van der Waals surface area contributed by atoms with Gasteiger partial charge in [0.05, 0.1) is 22.6 Å². The highest BCUT2D eigenvalue weighted by molar-refractivity contribution is 6.17. The molecule has 14 nitrogen and oxygen atoms in total.